The van der Waals surface area contributed by atoms with Crippen molar-refractivity contribution in [3.63, 3.8) is 0 Å². The molecule has 0 radical (unpaired) electrons. The monoisotopic (exact) mass is 194 g/mol. The molecule has 76 valence electrons. The number of methoxy groups -OCH3 is 1. The van der Waals surface area contributed by atoms with Gasteiger partial charge in [-0.15, -0.1) is 6.58 Å². The molecule has 0 aliphatic heterocycles. The largest absolute Gasteiger partial charge is 0.469 e. The molecule has 0 saturated heterocycles. The van der Waals surface area contributed by atoms with Crippen molar-refractivity contribution in [2.45, 2.75) is 19.4 Å². The van der Waals surface area contributed by atoms with Gasteiger partial charge in [0.25, 0.3) is 0 Å². The molecule has 0 fully saturated rings. The molecular formula is C10H14N2O2. The lowest BCUT2D eigenvalue weighted by atomic mass is 10.3. The van der Waals surface area contributed by atoms with Gasteiger partial charge in [-0.2, -0.15) is 5.10 Å². The normalized spacial score (nSPS) is 9.79. The van der Waals surface area contributed by atoms with Crippen LogP contribution in [-0.2, 0) is 22.5 Å². The zero-order chi connectivity index (χ0) is 10.4. The Labute approximate surface area is 83.2 Å². The number of rotatable bonds is 5. The zero-order valence-electron chi connectivity index (χ0n) is 8.27. The van der Waals surface area contributed by atoms with Gasteiger partial charge in [0.15, 0.2) is 0 Å². The van der Waals surface area contributed by atoms with E-state index in [1.807, 2.05) is 12.3 Å². The van der Waals surface area contributed by atoms with E-state index in [1.54, 1.807) is 10.8 Å². The predicted octanol–water partition coefficient (Wildman–Crippen LogP) is 1.17. The van der Waals surface area contributed by atoms with Gasteiger partial charge in [-0.25, -0.2) is 0 Å². The average molecular weight is 194 g/mol. The van der Waals surface area contributed by atoms with Crippen LogP contribution in [0.3, 0.4) is 0 Å². The number of carbonyl (C=O) groups excluding carboxylic acids is 1. The molecule has 1 heterocycles. The number of nitrogens with zero attached hydrogens (tertiary/aromatic N) is 2. The lowest BCUT2D eigenvalue weighted by Crippen LogP contribution is -2.07. The van der Waals surface area contributed by atoms with Crippen molar-refractivity contribution in [3.05, 3.63) is 30.6 Å². The SMILES string of the molecule is C=CCc1ccn(CCC(=O)OC)n1. The summed E-state index contributed by atoms with van der Waals surface area (Å²) in [6, 6.07) is 1.92. The molecular weight excluding hydrogens is 180 g/mol. The quantitative estimate of drug-likeness (QED) is 0.522. The van der Waals surface area contributed by atoms with E-state index in [0.717, 1.165) is 12.1 Å². The highest BCUT2D eigenvalue weighted by Gasteiger charge is 2.01. The Hall–Kier alpha value is -1.58. The van der Waals surface area contributed by atoms with Crippen LogP contribution in [-0.4, -0.2) is 22.9 Å². The molecule has 1 aromatic rings. The van der Waals surface area contributed by atoms with Gasteiger partial charge in [0, 0.05) is 12.6 Å². The van der Waals surface area contributed by atoms with Gasteiger partial charge in [-0.3, -0.25) is 9.48 Å². The summed E-state index contributed by atoms with van der Waals surface area (Å²) in [5.74, 6) is -0.217. The summed E-state index contributed by atoms with van der Waals surface area (Å²) >= 11 is 0. The number of aryl methyl sites for hydroxylation is 1. The smallest absolute Gasteiger partial charge is 0.307 e. The molecule has 0 aliphatic rings. The molecule has 0 bridgehead atoms. The standard InChI is InChI=1S/C10H14N2O2/c1-3-4-9-5-7-12(11-9)8-6-10(13)14-2/h3,5,7H,1,4,6,8H2,2H3. The van der Waals surface area contributed by atoms with Crippen LogP contribution >= 0.6 is 0 Å². The van der Waals surface area contributed by atoms with Crippen LogP contribution in [0.2, 0.25) is 0 Å². The van der Waals surface area contributed by atoms with Gasteiger partial charge in [0.1, 0.15) is 0 Å². The third kappa shape index (κ3) is 3.05. The van der Waals surface area contributed by atoms with Crippen molar-refractivity contribution in [1.82, 2.24) is 9.78 Å². The average Bonchev–Trinajstić information content (AvgIpc) is 2.63. The van der Waals surface area contributed by atoms with E-state index in [1.165, 1.54) is 7.11 Å². The van der Waals surface area contributed by atoms with E-state index in [0.29, 0.717) is 13.0 Å². The van der Waals surface area contributed by atoms with Crippen LogP contribution in [0.25, 0.3) is 0 Å². The molecule has 0 saturated carbocycles. The number of esters is 1. The second kappa shape index (κ2) is 5.21. The Morgan fingerprint density at radius 2 is 2.57 bits per heavy atom. The summed E-state index contributed by atoms with van der Waals surface area (Å²) in [6.45, 7) is 4.19. The van der Waals surface area contributed by atoms with Crippen LogP contribution in [0.1, 0.15) is 12.1 Å². The zero-order valence-corrected chi connectivity index (χ0v) is 8.27. The van der Waals surface area contributed by atoms with Gasteiger partial charge in [-0.1, -0.05) is 6.08 Å². The molecule has 0 atom stereocenters. The maximum atomic E-state index is 10.8. The Bertz CT molecular complexity index is 318. The highest BCUT2D eigenvalue weighted by atomic mass is 16.5. The van der Waals surface area contributed by atoms with E-state index in [-0.39, 0.29) is 5.97 Å². The Morgan fingerprint density at radius 3 is 3.21 bits per heavy atom. The fraction of sp³-hybridized carbons (Fsp3) is 0.400. The number of carbonyl (C=O) groups is 1. The van der Waals surface area contributed by atoms with Crippen LogP contribution in [0.4, 0.5) is 0 Å². The van der Waals surface area contributed by atoms with Gasteiger partial charge >= 0.3 is 5.97 Å². The second-order valence-electron chi connectivity index (χ2n) is 2.89. The highest BCUT2D eigenvalue weighted by Crippen LogP contribution is 1.98. The highest BCUT2D eigenvalue weighted by molar-refractivity contribution is 5.68. The third-order valence-corrected chi connectivity index (χ3v) is 1.82. The first-order valence-corrected chi connectivity index (χ1v) is 4.46. The summed E-state index contributed by atoms with van der Waals surface area (Å²) in [5, 5.41) is 4.24. The Kier molecular flexibility index (Phi) is 3.91. The van der Waals surface area contributed by atoms with E-state index >= 15 is 0 Å². The predicted molar refractivity (Wildman–Crippen MR) is 52.8 cm³/mol. The first-order valence-electron chi connectivity index (χ1n) is 4.46. The van der Waals surface area contributed by atoms with Gasteiger partial charge in [-0.05, 0) is 6.07 Å². The molecule has 14 heavy (non-hydrogen) atoms. The van der Waals surface area contributed by atoms with Crippen LogP contribution in [0.15, 0.2) is 24.9 Å². The van der Waals surface area contributed by atoms with Crippen molar-refractivity contribution >= 4 is 5.97 Å². The van der Waals surface area contributed by atoms with Crippen LogP contribution in [0, 0.1) is 0 Å². The fourth-order valence-corrected chi connectivity index (χ4v) is 1.09. The second-order valence-corrected chi connectivity index (χ2v) is 2.89. The van der Waals surface area contributed by atoms with Gasteiger partial charge in [0.05, 0.1) is 25.8 Å². The molecule has 0 aromatic carbocycles. The van der Waals surface area contributed by atoms with Crippen molar-refractivity contribution < 1.29 is 9.53 Å². The maximum absolute atomic E-state index is 10.8. The Morgan fingerprint density at radius 1 is 1.79 bits per heavy atom. The van der Waals surface area contributed by atoms with E-state index in [9.17, 15) is 4.79 Å². The first-order chi connectivity index (χ1) is 6.76. The summed E-state index contributed by atoms with van der Waals surface area (Å²) in [6.07, 6.45) is 4.76. The number of aromatic nitrogens is 2. The molecule has 0 unspecified atom stereocenters. The Balaban J connectivity index is 2.43. The molecule has 1 rings (SSSR count). The van der Waals surface area contributed by atoms with Crippen molar-refractivity contribution in [2.24, 2.45) is 0 Å². The van der Waals surface area contributed by atoms with E-state index in [2.05, 4.69) is 16.4 Å². The summed E-state index contributed by atoms with van der Waals surface area (Å²) in [4.78, 5) is 10.8. The van der Waals surface area contributed by atoms with Crippen molar-refractivity contribution in [1.29, 1.82) is 0 Å². The minimum atomic E-state index is -0.217. The minimum absolute atomic E-state index is 0.217. The molecule has 1 aromatic heterocycles. The van der Waals surface area contributed by atoms with Crippen molar-refractivity contribution in [3.8, 4) is 0 Å². The van der Waals surface area contributed by atoms with E-state index in [4.69, 9.17) is 0 Å². The summed E-state index contributed by atoms with van der Waals surface area (Å²) in [5.41, 5.74) is 0.963. The van der Waals surface area contributed by atoms with Crippen molar-refractivity contribution in [2.75, 3.05) is 7.11 Å². The third-order valence-electron chi connectivity index (χ3n) is 1.82. The van der Waals surface area contributed by atoms with Crippen LogP contribution < -0.4 is 0 Å². The minimum Gasteiger partial charge on any atom is -0.469 e. The lowest BCUT2D eigenvalue weighted by molar-refractivity contribution is -0.140. The first kappa shape index (κ1) is 10.5. The molecule has 0 amide bonds. The van der Waals surface area contributed by atoms with Gasteiger partial charge < -0.3 is 4.74 Å². The summed E-state index contributed by atoms with van der Waals surface area (Å²) < 4.78 is 6.26. The number of hydrogen-bond acceptors (Lipinski definition) is 3. The summed E-state index contributed by atoms with van der Waals surface area (Å²) in [7, 11) is 1.38. The molecule has 0 N–H and O–H groups in total. The molecule has 0 aliphatic carbocycles. The fourth-order valence-electron chi connectivity index (χ4n) is 1.09. The topological polar surface area (TPSA) is 44.1 Å². The van der Waals surface area contributed by atoms with E-state index < -0.39 is 0 Å². The number of allylic oxidation sites excluding steroid dienone is 1. The maximum Gasteiger partial charge on any atom is 0.307 e. The number of ether oxygens (including phenoxy) is 1. The molecule has 0 spiro atoms. The van der Waals surface area contributed by atoms with Crippen LogP contribution in [0.5, 0.6) is 0 Å². The molecule has 4 heteroatoms. The lowest BCUT2D eigenvalue weighted by Gasteiger charge is -1.99. The van der Waals surface area contributed by atoms with Gasteiger partial charge in [0.2, 0.25) is 0 Å². The molecule has 4 nitrogen and oxygen atoms in total. The number of hydrogen-bond donors (Lipinski definition) is 0.